The van der Waals surface area contributed by atoms with Gasteiger partial charge in [0, 0.05) is 23.6 Å². The lowest BCUT2D eigenvalue weighted by Crippen LogP contribution is -2.04. The third kappa shape index (κ3) is 2.92. The highest BCUT2D eigenvalue weighted by molar-refractivity contribution is 7.91. The van der Waals surface area contributed by atoms with E-state index in [2.05, 4.69) is 4.57 Å². The van der Waals surface area contributed by atoms with Gasteiger partial charge in [0.1, 0.15) is 5.75 Å². The van der Waals surface area contributed by atoms with Gasteiger partial charge in [0.25, 0.3) is 0 Å². The zero-order valence-electron chi connectivity index (χ0n) is 14.6. The number of nitrogens with two attached hydrogens (primary N) is 1. The van der Waals surface area contributed by atoms with Gasteiger partial charge in [0.05, 0.1) is 16.9 Å². The van der Waals surface area contributed by atoms with Crippen molar-refractivity contribution in [2.24, 2.45) is 12.8 Å². The molecule has 0 aliphatic carbocycles. The summed E-state index contributed by atoms with van der Waals surface area (Å²) < 4.78 is 33.3. The third-order valence-electron chi connectivity index (χ3n) is 4.65. The Hall–Kier alpha value is -2.31. The molecule has 0 aliphatic rings. The predicted octanol–water partition coefficient (Wildman–Crippen LogP) is 2.83. The second kappa shape index (κ2) is 6.54. The van der Waals surface area contributed by atoms with Crippen LogP contribution in [-0.2, 0) is 23.3 Å². The second-order valence-corrected chi connectivity index (χ2v) is 7.97. The number of hydrogen-bond donors (Lipinski definition) is 1. The maximum atomic E-state index is 13.0. The molecule has 0 spiro atoms. The molecule has 2 aromatic carbocycles. The van der Waals surface area contributed by atoms with Crippen molar-refractivity contribution in [2.45, 2.75) is 23.1 Å². The Kier molecular flexibility index (Phi) is 4.58. The van der Waals surface area contributed by atoms with Crippen LogP contribution in [0.3, 0.4) is 0 Å². The second-order valence-electron chi connectivity index (χ2n) is 6.02. The normalized spacial score (nSPS) is 11.8. The molecule has 0 atom stereocenters. The zero-order chi connectivity index (χ0) is 18.2. The average Bonchev–Trinajstić information content (AvgIpc) is 2.86. The van der Waals surface area contributed by atoms with Gasteiger partial charge in [-0.3, -0.25) is 0 Å². The van der Waals surface area contributed by atoms with Gasteiger partial charge in [-0.2, -0.15) is 0 Å². The Balaban J connectivity index is 2.19. The van der Waals surface area contributed by atoms with E-state index in [0.717, 1.165) is 22.2 Å². The lowest BCUT2D eigenvalue weighted by atomic mass is 10.1. The van der Waals surface area contributed by atoms with Crippen molar-refractivity contribution >= 4 is 20.7 Å². The largest absolute Gasteiger partial charge is 0.497 e. The fourth-order valence-corrected chi connectivity index (χ4v) is 4.48. The number of benzene rings is 2. The molecule has 0 fully saturated rings. The van der Waals surface area contributed by atoms with Crippen molar-refractivity contribution in [1.29, 1.82) is 0 Å². The summed E-state index contributed by atoms with van der Waals surface area (Å²) in [6.45, 7) is 2.55. The summed E-state index contributed by atoms with van der Waals surface area (Å²) in [6, 6.07) is 11.8. The van der Waals surface area contributed by atoms with E-state index in [9.17, 15) is 8.42 Å². The number of nitrogens with zero attached hydrogens (tertiary/aromatic N) is 1. The molecule has 1 heterocycles. The topological polar surface area (TPSA) is 74.3 Å². The van der Waals surface area contributed by atoms with Crippen LogP contribution in [0.1, 0.15) is 11.3 Å². The number of methoxy groups -OCH3 is 1. The quantitative estimate of drug-likeness (QED) is 0.761. The Bertz CT molecular complexity index is 1040. The molecule has 0 amide bonds. The number of aryl methyl sites for hydroxylation is 1. The summed E-state index contributed by atoms with van der Waals surface area (Å²) in [5.74, 6) is 0.515. The maximum Gasteiger partial charge on any atom is 0.206 e. The van der Waals surface area contributed by atoms with Crippen molar-refractivity contribution in [2.75, 3.05) is 13.7 Å². The average molecular weight is 358 g/mol. The summed E-state index contributed by atoms with van der Waals surface area (Å²) in [7, 11) is -0.121. The van der Waals surface area contributed by atoms with Crippen molar-refractivity contribution in [1.82, 2.24) is 4.57 Å². The van der Waals surface area contributed by atoms with E-state index in [1.165, 1.54) is 13.2 Å². The number of rotatable bonds is 5. The molecular formula is C19H22N2O3S. The molecule has 3 aromatic rings. The Morgan fingerprint density at radius 3 is 2.52 bits per heavy atom. The fraction of sp³-hybridized carbons (Fsp3) is 0.263. The molecule has 2 N–H and O–H groups in total. The Labute approximate surface area is 147 Å². The van der Waals surface area contributed by atoms with Gasteiger partial charge >= 0.3 is 0 Å². The monoisotopic (exact) mass is 358 g/mol. The van der Waals surface area contributed by atoms with Gasteiger partial charge in [-0.15, -0.1) is 0 Å². The van der Waals surface area contributed by atoms with Crippen molar-refractivity contribution in [3.8, 4) is 5.75 Å². The molecule has 5 nitrogen and oxygen atoms in total. The smallest absolute Gasteiger partial charge is 0.206 e. The molecule has 6 heteroatoms. The fourth-order valence-electron chi connectivity index (χ4n) is 3.16. The van der Waals surface area contributed by atoms with Crippen LogP contribution in [0.5, 0.6) is 5.75 Å². The lowest BCUT2D eigenvalue weighted by molar-refractivity contribution is 0.413. The SMILES string of the molecule is COc1cccc(S(=O)(=O)c2ccc3c(c2)c(CCN)c(C)n3C)c1. The summed E-state index contributed by atoms with van der Waals surface area (Å²) in [4.78, 5) is 0.497. The van der Waals surface area contributed by atoms with Crippen molar-refractivity contribution < 1.29 is 13.2 Å². The molecule has 1 aromatic heterocycles. The Morgan fingerprint density at radius 2 is 1.84 bits per heavy atom. The first kappa shape index (κ1) is 17.5. The van der Waals surface area contributed by atoms with E-state index >= 15 is 0 Å². The molecule has 0 bridgehead atoms. The van der Waals surface area contributed by atoms with E-state index in [1.807, 2.05) is 20.0 Å². The van der Waals surface area contributed by atoms with Crippen LogP contribution in [0, 0.1) is 6.92 Å². The number of ether oxygens (including phenoxy) is 1. The maximum absolute atomic E-state index is 13.0. The van der Waals surface area contributed by atoms with Crippen LogP contribution >= 0.6 is 0 Å². The third-order valence-corrected chi connectivity index (χ3v) is 6.40. The summed E-state index contributed by atoms with van der Waals surface area (Å²) in [6.07, 6.45) is 0.714. The Morgan fingerprint density at radius 1 is 1.12 bits per heavy atom. The van der Waals surface area contributed by atoms with E-state index in [-0.39, 0.29) is 9.79 Å². The molecule has 132 valence electrons. The van der Waals surface area contributed by atoms with Crippen LogP contribution in [0.15, 0.2) is 52.3 Å². The molecule has 0 radical (unpaired) electrons. The van der Waals surface area contributed by atoms with Gasteiger partial charge in [-0.25, -0.2) is 8.42 Å². The molecule has 0 unspecified atom stereocenters. The van der Waals surface area contributed by atoms with Gasteiger partial charge < -0.3 is 15.0 Å². The first-order valence-electron chi connectivity index (χ1n) is 8.07. The first-order chi connectivity index (χ1) is 11.9. The standard InChI is InChI=1S/C19H22N2O3S/c1-13-17(9-10-20)18-12-16(7-8-19(18)21(13)2)25(22,23)15-6-4-5-14(11-15)24-3/h4-8,11-12H,9-10,20H2,1-3H3. The van der Waals surface area contributed by atoms with E-state index in [1.54, 1.807) is 30.3 Å². The minimum absolute atomic E-state index is 0.222. The van der Waals surface area contributed by atoms with Gasteiger partial charge in [-0.05, 0) is 61.9 Å². The van der Waals surface area contributed by atoms with Crippen LogP contribution in [0.2, 0.25) is 0 Å². The molecule has 3 rings (SSSR count). The minimum atomic E-state index is -3.62. The van der Waals surface area contributed by atoms with Gasteiger partial charge in [0.2, 0.25) is 9.84 Å². The minimum Gasteiger partial charge on any atom is -0.497 e. The molecule has 0 saturated carbocycles. The predicted molar refractivity (Wildman–Crippen MR) is 98.9 cm³/mol. The number of sulfone groups is 1. The highest BCUT2D eigenvalue weighted by Gasteiger charge is 2.21. The highest BCUT2D eigenvalue weighted by atomic mass is 32.2. The van der Waals surface area contributed by atoms with Crippen molar-refractivity contribution in [3.05, 3.63) is 53.7 Å². The van der Waals surface area contributed by atoms with E-state index in [0.29, 0.717) is 18.7 Å². The molecule has 0 aliphatic heterocycles. The lowest BCUT2D eigenvalue weighted by Gasteiger charge is -2.07. The van der Waals surface area contributed by atoms with Crippen molar-refractivity contribution in [3.63, 3.8) is 0 Å². The van der Waals surface area contributed by atoms with Crippen LogP contribution in [-0.4, -0.2) is 26.6 Å². The number of fused-ring (bicyclic) bond motifs is 1. The molecule has 0 saturated heterocycles. The molecular weight excluding hydrogens is 336 g/mol. The first-order valence-corrected chi connectivity index (χ1v) is 9.55. The van der Waals surface area contributed by atoms with Crippen LogP contribution < -0.4 is 10.5 Å². The summed E-state index contributed by atoms with van der Waals surface area (Å²) >= 11 is 0. The van der Waals surface area contributed by atoms with Crippen LogP contribution in [0.25, 0.3) is 10.9 Å². The number of hydrogen-bond acceptors (Lipinski definition) is 4. The molecule has 25 heavy (non-hydrogen) atoms. The van der Waals surface area contributed by atoms with E-state index in [4.69, 9.17) is 10.5 Å². The zero-order valence-corrected chi connectivity index (χ0v) is 15.4. The van der Waals surface area contributed by atoms with Gasteiger partial charge in [-0.1, -0.05) is 6.07 Å². The van der Waals surface area contributed by atoms with E-state index < -0.39 is 9.84 Å². The summed E-state index contributed by atoms with van der Waals surface area (Å²) in [5, 5.41) is 0.939. The number of aromatic nitrogens is 1. The van der Waals surface area contributed by atoms with Gasteiger partial charge in [0.15, 0.2) is 0 Å². The summed E-state index contributed by atoms with van der Waals surface area (Å²) in [5.41, 5.74) is 8.95. The highest BCUT2D eigenvalue weighted by Crippen LogP contribution is 2.31. The van der Waals surface area contributed by atoms with Crippen LogP contribution in [0.4, 0.5) is 0 Å².